The van der Waals surface area contributed by atoms with E-state index in [0.717, 1.165) is 5.69 Å². The van der Waals surface area contributed by atoms with E-state index in [2.05, 4.69) is 103 Å². The summed E-state index contributed by atoms with van der Waals surface area (Å²) >= 11 is 0. The van der Waals surface area contributed by atoms with Gasteiger partial charge in [-0.25, -0.2) is 0 Å². The van der Waals surface area contributed by atoms with Crippen LogP contribution in [0, 0.1) is 0 Å². The maximum Gasteiger partial charge on any atom is 0.0787 e. The summed E-state index contributed by atoms with van der Waals surface area (Å²) in [7, 11) is 0. The predicted octanol–water partition coefficient (Wildman–Crippen LogP) is 9.01. The third kappa shape index (κ3) is 2.26. The predicted molar refractivity (Wildman–Crippen MR) is 144 cm³/mol. The zero-order valence-electron chi connectivity index (χ0n) is 18.4. The fourth-order valence-electron chi connectivity index (χ4n) is 5.99. The average molecular weight is 430 g/mol. The van der Waals surface area contributed by atoms with Gasteiger partial charge >= 0.3 is 0 Å². The number of hydrogen-bond donors (Lipinski definition) is 0. The van der Waals surface area contributed by atoms with Crippen molar-refractivity contribution in [1.82, 2.24) is 4.98 Å². The van der Waals surface area contributed by atoms with Gasteiger partial charge in [-0.15, -0.1) is 0 Å². The molecule has 0 unspecified atom stereocenters. The van der Waals surface area contributed by atoms with E-state index < -0.39 is 0 Å². The lowest BCUT2D eigenvalue weighted by molar-refractivity contribution is 1.35. The van der Waals surface area contributed by atoms with E-state index in [1.165, 1.54) is 70.9 Å². The van der Waals surface area contributed by atoms with Crippen LogP contribution in [0.3, 0.4) is 0 Å². The SMILES string of the molecule is c1cnc2c(c1)-c1cccc3c1c-2cc1c2ccccc2c(-c2cccc4ccccc24)cc31. The molecule has 156 valence electrons. The van der Waals surface area contributed by atoms with Crippen molar-refractivity contribution in [3.63, 3.8) is 0 Å². The fraction of sp³-hybridized carbons (Fsp3) is 0. The van der Waals surface area contributed by atoms with Gasteiger partial charge in [0.1, 0.15) is 0 Å². The Labute approximate surface area is 196 Å². The van der Waals surface area contributed by atoms with Gasteiger partial charge in [0.15, 0.2) is 0 Å². The Bertz CT molecular complexity index is 1960. The lowest BCUT2D eigenvalue weighted by Gasteiger charge is -2.15. The minimum absolute atomic E-state index is 1.10. The molecule has 1 aromatic heterocycles. The van der Waals surface area contributed by atoms with Crippen LogP contribution in [0.1, 0.15) is 0 Å². The van der Waals surface area contributed by atoms with E-state index in [4.69, 9.17) is 4.98 Å². The molecule has 0 bridgehead atoms. The zero-order valence-corrected chi connectivity index (χ0v) is 18.4. The first-order valence-electron chi connectivity index (χ1n) is 11.7. The van der Waals surface area contributed by atoms with Crippen LogP contribution in [-0.4, -0.2) is 4.98 Å². The van der Waals surface area contributed by atoms with Crippen molar-refractivity contribution in [1.29, 1.82) is 0 Å². The minimum atomic E-state index is 1.10. The maximum atomic E-state index is 4.79. The molecule has 1 heteroatoms. The summed E-state index contributed by atoms with van der Waals surface area (Å²) in [4.78, 5) is 4.79. The van der Waals surface area contributed by atoms with E-state index in [1.807, 2.05) is 12.3 Å². The van der Waals surface area contributed by atoms with Crippen molar-refractivity contribution < 1.29 is 0 Å². The number of aromatic nitrogens is 1. The van der Waals surface area contributed by atoms with Gasteiger partial charge in [0.25, 0.3) is 0 Å². The number of pyridine rings is 1. The van der Waals surface area contributed by atoms with Gasteiger partial charge in [-0.2, -0.15) is 0 Å². The van der Waals surface area contributed by atoms with Crippen LogP contribution in [-0.2, 0) is 0 Å². The van der Waals surface area contributed by atoms with Gasteiger partial charge in [0.05, 0.1) is 5.69 Å². The lowest BCUT2D eigenvalue weighted by Crippen LogP contribution is -1.88. The second-order valence-electron chi connectivity index (χ2n) is 9.14. The highest BCUT2D eigenvalue weighted by atomic mass is 14.7. The Kier molecular flexibility index (Phi) is 3.45. The van der Waals surface area contributed by atoms with Crippen molar-refractivity contribution in [3.8, 4) is 33.5 Å². The highest BCUT2D eigenvalue weighted by Crippen LogP contribution is 2.50. The molecule has 0 spiro atoms. The summed E-state index contributed by atoms with van der Waals surface area (Å²) < 4.78 is 0. The van der Waals surface area contributed by atoms with Crippen LogP contribution in [0.5, 0.6) is 0 Å². The first-order valence-corrected chi connectivity index (χ1v) is 11.7. The summed E-state index contributed by atoms with van der Waals surface area (Å²) in [5, 5.41) is 10.3. The first kappa shape index (κ1) is 18.0. The Morgan fingerprint density at radius 3 is 1.97 bits per heavy atom. The molecule has 1 aliphatic carbocycles. The van der Waals surface area contributed by atoms with Crippen molar-refractivity contribution in [2.45, 2.75) is 0 Å². The quantitative estimate of drug-likeness (QED) is 0.237. The molecule has 1 heterocycles. The van der Waals surface area contributed by atoms with Crippen LogP contribution < -0.4 is 0 Å². The molecule has 0 aliphatic heterocycles. The van der Waals surface area contributed by atoms with E-state index in [9.17, 15) is 0 Å². The molecule has 0 fully saturated rings. The molecule has 0 radical (unpaired) electrons. The molecule has 0 atom stereocenters. The van der Waals surface area contributed by atoms with Crippen LogP contribution in [0.15, 0.2) is 115 Å². The summed E-state index contributed by atoms with van der Waals surface area (Å²) in [5.74, 6) is 0. The molecule has 7 aromatic rings. The molecule has 6 aromatic carbocycles. The molecule has 0 N–H and O–H groups in total. The molecular weight excluding hydrogens is 410 g/mol. The summed E-state index contributed by atoms with van der Waals surface area (Å²) in [6.45, 7) is 0. The monoisotopic (exact) mass is 429 g/mol. The fourth-order valence-corrected chi connectivity index (χ4v) is 5.99. The molecule has 8 rings (SSSR count). The Hall–Kier alpha value is -4.49. The molecule has 0 saturated carbocycles. The third-order valence-electron chi connectivity index (χ3n) is 7.43. The van der Waals surface area contributed by atoms with E-state index >= 15 is 0 Å². The van der Waals surface area contributed by atoms with Crippen LogP contribution in [0.2, 0.25) is 0 Å². The van der Waals surface area contributed by atoms with Gasteiger partial charge in [0.2, 0.25) is 0 Å². The van der Waals surface area contributed by atoms with Gasteiger partial charge in [-0.05, 0) is 78.0 Å². The number of nitrogens with zero attached hydrogens (tertiary/aromatic N) is 1. The van der Waals surface area contributed by atoms with Crippen LogP contribution >= 0.6 is 0 Å². The molecule has 1 aliphatic rings. The smallest absolute Gasteiger partial charge is 0.0787 e. The van der Waals surface area contributed by atoms with Gasteiger partial charge in [-0.3, -0.25) is 4.98 Å². The number of fused-ring (bicyclic) bond motifs is 8. The Balaban J connectivity index is 1.59. The Morgan fingerprint density at radius 2 is 1.03 bits per heavy atom. The highest BCUT2D eigenvalue weighted by Gasteiger charge is 2.24. The van der Waals surface area contributed by atoms with E-state index in [-0.39, 0.29) is 0 Å². The van der Waals surface area contributed by atoms with Crippen molar-refractivity contribution >= 4 is 43.1 Å². The second kappa shape index (κ2) is 6.52. The van der Waals surface area contributed by atoms with Crippen molar-refractivity contribution in [2.24, 2.45) is 0 Å². The topological polar surface area (TPSA) is 12.9 Å². The largest absolute Gasteiger partial charge is 0.256 e. The summed E-state index contributed by atoms with van der Waals surface area (Å²) in [6, 6.07) is 39.9. The maximum absolute atomic E-state index is 4.79. The van der Waals surface area contributed by atoms with E-state index in [0.29, 0.717) is 0 Å². The molecule has 0 saturated heterocycles. The van der Waals surface area contributed by atoms with Crippen molar-refractivity contribution in [2.75, 3.05) is 0 Å². The molecule has 1 nitrogen and oxygen atoms in total. The highest BCUT2D eigenvalue weighted by molar-refractivity contribution is 6.28. The number of hydrogen-bond acceptors (Lipinski definition) is 1. The van der Waals surface area contributed by atoms with E-state index in [1.54, 1.807) is 0 Å². The standard InChI is InChI=1S/C33H19N/c1-2-10-21-20(8-1)9-5-13-22(21)28-18-30-26-15-6-14-25-27-16-7-17-34-33(27)31(32(25)26)19-29(30)24-12-4-3-11-23(24)28/h1-19H. The Morgan fingerprint density at radius 1 is 0.382 bits per heavy atom. The summed E-state index contributed by atoms with van der Waals surface area (Å²) in [6.07, 6.45) is 1.91. The third-order valence-corrected chi connectivity index (χ3v) is 7.43. The normalized spacial score (nSPS) is 12.1. The van der Waals surface area contributed by atoms with Gasteiger partial charge in [-0.1, -0.05) is 91.0 Å². The van der Waals surface area contributed by atoms with Gasteiger partial charge in [0, 0.05) is 17.3 Å². The van der Waals surface area contributed by atoms with Crippen molar-refractivity contribution in [3.05, 3.63) is 115 Å². The molecular formula is C33H19N. The average Bonchev–Trinajstić information content (AvgIpc) is 3.23. The summed E-state index contributed by atoms with van der Waals surface area (Å²) in [5.41, 5.74) is 7.43. The van der Waals surface area contributed by atoms with Gasteiger partial charge < -0.3 is 0 Å². The van der Waals surface area contributed by atoms with Crippen LogP contribution in [0.4, 0.5) is 0 Å². The first-order chi connectivity index (χ1) is 16.9. The number of rotatable bonds is 1. The minimum Gasteiger partial charge on any atom is -0.256 e. The second-order valence-corrected chi connectivity index (χ2v) is 9.14. The van der Waals surface area contributed by atoms with Crippen LogP contribution in [0.25, 0.3) is 76.6 Å². The zero-order chi connectivity index (χ0) is 22.2. The lowest BCUT2D eigenvalue weighted by atomic mass is 9.88. The number of benzene rings is 6. The molecule has 34 heavy (non-hydrogen) atoms. The molecule has 0 amide bonds.